The van der Waals surface area contributed by atoms with E-state index in [4.69, 9.17) is 11.6 Å². The minimum atomic E-state index is -2.29. The molecule has 2 saturated heterocycles. The third-order valence-corrected chi connectivity index (χ3v) is 6.03. The van der Waals surface area contributed by atoms with Crippen LogP contribution >= 0.6 is 11.6 Å². The quantitative estimate of drug-likeness (QED) is 0.574. The van der Waals surface area contributed by atoms with Gasteiger partial charge in [-0.25, -0.2) is 8.78 Å². The number of rotatable bonds is 7. The topological polar surface area (TPSA) is 32.3 Å². The van der Waals surface area contributed by atoms with Crippen LogP contribution in [0.3, 0.4) is 0 Å². The fourth-order valence-electron chi connectivity index (χ4n) is 4.33. The Kier molecular flexibility index (Phi) is 8.33. The van der Waals surface area contributed by atoms with Crippen LogP contribution in [-0.4, -0.2) is 36.9 Å². The predicted octanol–water partition coefficient (Wildman–Crippen LogP) is 5.94. The molecular weight excluding hydrogens is 370 g/mol. The molecule has 0 radical (unpaired) electrons. The molecule has 0 spiro atoms. The number of amides is 1. The van der Waals surface area contributed by atoms with Gasteiger partial charge in [-0.05, 0) is 61.3 Å². The van der Waals surface area contributed by atoms with E-state index in [1.54, 1.807) is 13.1 Å². The summed E-state index contributed by atoms with van der Waals surface area (Å²) >= 11 is 6.09. The van der Waals surface area contributed by atoms with Crippen LogP contribution in [0.1, 0.15) is 63.9 Å². The zero-order valence-electron chi connectivity index (χ0n) is 16.4. The summed E-state index contributed by atoms with van der Waals surface area (Å²) < 4.78 is 25.1. The summed E-state index contributed by atoms with van der Waals surface area (Å²) in [4.78, 5) is 12.4. The molecule has 0 aromatic heterocycles. The lowest BCUT2D eigenvalue weighted by molar-refractivity contribution is -0.136. The highest BCUT2D eigenvalue weighted by Crippen LogP contribution is 2.39. The molecule has 2 heterocycles. The second-order valence-electron chi connectivity index (χ2n) is 7.77. The average molecular weight is 401 g/mol. The summed E-state index contributed by atoms with van der Waals surface area (Å²) in [7, 11) is 1.80. The summed E-state index contributed by atoms with van der Waals surface area (Å²) in [6.45, 7) is 4.27. The standard InChI is InChI=1S/C13H18ClF2N.C8H13NO/c1-3-4-9(7-13(15)16)11-8-10(17-2)5-6-12(11)14;1-6-2-7-4-8(3-6)9(7)5-10/h5-6,8-9,13,17H,3-4,7H2,1-2H3;5-8H,2-4H2,1H3. The molecule has 4 rings (SSSR count). The van der Waals surface area contributed by atoms with Crippen LogP contribution in [0.15, 0.2) is 18.2 Å². The minimum absolute atomic E-state index is 0.124. The van der Waals surface area contributed by atoms with Crippen molar-refractivity contribution in [3.63, 3.8) is 0 Å². The predicted molar refractivity (Wildman–Crippen MR) is 108 cm³/mol. The van der Waals surface area contributed by atoms with Gasteiger partial charge in [-0.2, -0.15) is 0 Å². The summed E-state index contributed by atoms with van der Waals surface area (Å²) in [6.07, 6.45) is 3.94. The van der Waals surface area contributed by atoms with Gasteiger partial charge in [0.2, 0.25) is 12.8 Å². The van der Waals surface area contributed by atoms with Gasteiger partial charge in [-0.15, -0.1) is 0 Å². The molecule has 152 valence electrons. The number of alkyl halides is 2. The number of hydrogen-bond acceptors (Lipinski definition) is 2. The molecule has 3 aliphatic rings. The lowest BCUT2D eigenvalue weighted by atomic mass is 9.75. The van der Waals surface area contributed by atoms with E-state index >= 15 is 0 Å². The van der Waals surface area contributed by atoms with Gasteiger partial charge in [0, 0.05) is 36.3 Å². The number of carbonyl (C=O) groups is 1. The maximum atomic E-state index is 12.5. The number of anilines is 1. The SMILES string of the molecule is CC1CC2CC(C1)N2C=O.CCCC(CC(F)F)c1cc(NC)ccc1Cl. The third-order valence-electron chi connectivity index (χ3n) is 5.68. The number of piperidine rings is 1. The average Bonchev–Trinajstić information content (AvgIpc) is 2.62. The monoisotopic (exact) mass is 400 g/mol. The Labute approximate surface area is 166 Å². The van der Waals surface area contributed by atoms with E-state index in [-0.39, 0.29) is 12.3 Å². The Morgan fingerprint density at radius 2 is 1.96 bits per heavy atom. The molecule has 1 aromatic rings. The summed E-state index contributed by atoms with van der Waals surface area (Å²) in [5.41, 5.74) is 1.72. The van der Waals surface area contributed by atoms with Crippen molar-refractivity contribution in [2.75, 3.05) is 12.4 Å². The minimum Gasteiger partial charge on any atom is -0.388 e. The first kappa shape index (κ1) is 21.9. The largest absolute Gasteiger partial charge is 0.388 e. The Morgan fingerprint density at radius 1 is 1.30 bits per heavy atom. The van der Waals surface area contributed by atoms with Crippen molar-refractivity contribution >= 4 is 23.7 Å². The summed E-state index contributed by atoms with van der Waals surface area (Å²) in [6, 6.07) is 6.68. The maximum Gasteiger partial charge on any atom is 0.239 e. The molecule has 1 saturated carbocycles. The Bertz CT molecular complexity index is 602. The Morgan fingerprint density at radius 3 is 2.48 bits per heavy atom. The van der Waals surface area contributed by atoms with E-state index in [2.05, 4.69) is 12.2 Å². The highest BCUT2D eigenvalue weighted by atomic mass is 35.5. The molecule has 3 atom stereocenters. The second-order valence-corrected chi connectivity index (χ2v) is 8.18. The van der Waals surface area contributed by atoms with Crippen LogP contribution < -0.4 is 5.32 Å². The maximum absolute atomic E-state index is 12.5. The molecule has 1 N–H and O–H groups in total. The van der Waals surface area contributed by atoms with E-state index in [0.717, 1.165) is 36.4 Å². The Balaban J connectivity index is 0.000000219. The number of nitrogens with one attached hydrogen (secondary N) is 1. The molecule has 2 bridgehead atoms. The third kappa shape index (κ3) is 5.81. The second kappa shape index (κ2) is 10.3. The molecule has 3 nitrogen and oxygen atoms in total. The number of hydrogen-bond donors (Lipinski definition) is 1. The van der Waals surface area contributed by atoms with E-state index < -0.39 is 6.43 Å². The lowest BCUT2D eigenvalue weighted by Gasteiger charge is -2.53. The van der Waals surface area contributed by atoms with Gasteiger partial charge in [0.15, 0.2) is 0 Å². The summed E-state index contributed by atoms with van der Waals surface area (Å²) in [5.74, 6) is 0.681. The lowest BCUT2D eigenvalue weighted by Crippen LogP contribution is -2.59. The first-order chi connectivity index (χ1) is 12.9. The number of benzene rings is 1. The fourth-order valence-corrected chi connectivity index (χ4v) is 4.60. The number of fused-ring (bicyclic) bond motifs is 2. The van der Waals surface area contributed by atoms with Gasteiger partial charge in [0.1, 0.15) is 0 Å². The smallest absolute Gasteiger partial charge is 0.239 e. The van der Waals surface area contributed by atoms with Crippen molar-refractivity contribution in [1.29, 1.82) is 0 Å². The van der Waals surface area contributed by atoms with E-state index in [9.17, 15) is 13.6 Å². The van der Waals surface area contributed by atoms with Gasteiger partial charge in [-0.1, -0.05) is 31.9 Å². The van der Waals surface area contributed by atoms with E-state index in [0.29, 0.717) is 17.1 Å². The van der Waals surface area contributed by atoms with Crippen molar-refractivity contribution in [2.24, 2.45) is 5.92 Å². The molecule has 2 aliphatic heterocycles. The van der Waals surface area contributed by atoms with Crippen LogP contribution in [0.4, 0.5) is 14.5 Å². The molecule has 3 unspecified atom stereocenters. The van der Waals surface area contributed by atoms with Crippen molar-refractivity contribution in [3.05, 3.63) is 28.8 Å². The molecular formula is C21H31ClF2N2O. The van der Waals surface area contributed by atoms with Crippen LogP contribution in [-0.2, 0) is 4.79 Å². The first-order valence-electron chi connectivity index (χ1n) is 9.87. The number of halogens is 3. The molecule has 1 aromatic carbocycles. The molecule has 1 aliphatic carbocycles. The van der Waals surface area contributed by atoms with Gasteiger partial charge >= 0.3 is 0 Å². The number of carbonyl (C=O) groups excluding carboxylic acids is 1. The van der Waals surface area contributed by atoms with Crippen molar-refractivity contribution in [1.82, 2.24) is 4.90 Å². The van der Waals surface area contributed by atoms with Crippen molar-refractivity contribution < 1.29 is 13.6 Å². The van der Waals surface area contributed by atoms with Crippen LogP contribution in [0, 0.1) is 5.92 Å². The van der Waals surface area contributed by atoms with Gasteiger partial charge in [-0.3, -0.25) is 4.79 Å². The first-order valence-corrected chi connectivity index (χ1v) is 10.2. The highest BCUT2D eigenvalue weighted by Gasteiger charge is 2.42. The zero-order chi connectivity index (χ0) is 20.0. The molecule has 3 fully saturated rings. The van der Waals surface area contributed by atoms with Gasteiger partial charge in [0.05, 0.1) is 0 Å². The highest BCUT2D eigenvalue weighted by molar-refractivity contribution is 6.31. The van der Waals surface area contributed by atoms with E-state index in [1.165, 1.54) is 19.3 Å². The molecule has 6 heteroatoms. The van der Waals surface area contributed by atoms with Crippen LogP contribution in [0.25, 0.3) is 0 Å². The van der Waals surface area contributed by atoms with Crippen LogP contribution in [0.2, 0.25) is 5.02 Å². The van der Waals surface area contributed by atoms with Crippen molar-refractivity contribution in [3.8, 4) is 0 Å². The molecule has 1 amide bonds. The summed E-state index contributed by atoms with van der Waals surface area (Å²) in [5, 5.41) is 3.57. The van der Waals surface area contributed by atoms with E-state index in [1.807, 2.05) is 24.0 Å². The normalized spacial score (nSPS) is 24.6. The zero-order valence-corrected chi connectivity index (χ0v) is 17.2. The van der Waals surface area contributed by atoms with Gasteiger partial charge < -0.3 is 10.2 Å². The number of nitrogens with zero attached hydrogens (tertiary/aromatic N) is 1. The Hall–Kier alpha value is -1.36. The van der Waals surface area contributed by atoms with Crippen molar-refractivity contribution in [2.45, 2.75) is 76.8 Å². The van der Waals surface area contributed by atoms with Gasteiger partial charge in [0.25, 0.3) is 0 Å². The fraction of sp³-hybridized carbons (Fsp3) is 0.667. The van der Waals surface area contributed by atoms with Crippen LogP contribution in [0.5, 0.6) is 0 Å². The molecule has 27 heavy (non-hydrogen) atoms.